The van der Waals surface area contributed by atoms with Gasteiger partial charge in [-0.1, -0.05) is 12.1 Å². The van der Waals surface area contributed by atoms with Crippen LogP contribution in [0.5, 0.6) is 5.75 Å². The second-order valence-electron chi connectivity index (χ2n) is 5.83. The van der Waals surface area contributed by atoms with E-state index in [4.69, 9.17) is 14.7 Å². The Morgan fingerprint density at radius 1 is 1.33 bits per heavy atom. The monoisotopic (exact) mass is 324 g/mol. The number of ether oxygens (including phenoxy) is 2. The molecule has 1 atom stereocenters. The minimum Gasteiger partial charge on any atom is -0.491 e. The van der Waals surface area contributed by atoms with E-state index in [0.29, 0.717) is 24.7 Å². The van der Waals surface area contributed by atoms with E-state index < -0.39 is 0 Å². The minimum atomic E-state index is 0.190. The van der Waals surface area contributed by atoms with E-state index in [1.165, 1.54) is 0 Å². The van der Waals surface area contributed by atoms with Gasteiger partial charge < -0.3 is 14.8 Å². The molecule has 1 unspecified atom stereocenters. The Labute approximate surface area is 141 Å². The second-order valence-corrected chi connectivity index (χ2v) is 5.83. The van der Waals surface area contributed by atoms with Gasteiger partial charge in [0.05, 0.1) is 6.10 Å². The molecule has 0 aliphatic carbocycles. The van der Waals surface area contributed by atoms with Gasteiger partial charge in [-0.15, -0.1) is 10.2 Å². The van der Waals surface area contributed by atoms with Gasteiger partial charge in [0.1, 0.15) is 24.2 Å². The van der Waals surface area contributed by atoms with Crippen LogP contribution in [0.15, 0.2) is 30.3 Å². The number of hydrogen-bond acceptors (Lipinski definition) is 6. The van der Waals surface area contributed by atoms with Crippen LogP contribution in [0, 0.1) is 18.3 Å². The van der Waals surface area contributed by atoms with Gasteiger partial charge in [-0.2, -0.15) is 5.26 Å². The molecule has 0 amide bonds. The highest BCUT2D eigenvalue weighted by Gasteiger charge is 2.17. The molecule has 1 aliphatic rings. The molecule has 1 saturated heterocycles. The maximum absolute atomic E-state index is 8.75. The minimum absolute atomic E-state index is 0.190. The van der Waals surface area contributed by atoms with E-state index in [2.05, 4.69) is 21.6 Å². The molecule has 1 N–H and O–H groups in total. The van der Waals surface area contributed by atoms with Crippen molar-refractivity contribution in [3.8, 4) is 11.8 Å². The van der Waals surface area contributed by atoms with Gasteiger partial charge in [0, 0.05) is 18.7 Å². The van der Waals surface area contributed by atoms with Crippen molar-refractivity contribution in [2.24, 2.45) is 0 Å². The zero-order valence-corrected chi connectivity index (χ0v) is 13.7. The summed E-state index contributed by atoms with van der Waals surface area (Å²) in [5, 5.41) is 19.7. The van der Waals surface area contributed by atoms with Crippen LogP contribution in [-0.4, -0.2) is 29.5 Å². The lowest BCUT2D eigenvalue weighted by atomic mass is 10.1. The topological polar surface area (TPSA) is 80.1 Å². The molecule has 124 valence electrons. The molecule has 3 rings (SSSR count). The predicted octanol–water partition coefficient (Wildman–Crippen LogP) is 2.83. The maximum atomic E-state index is 8.75. The number of anilines is 1. The Morgan fingerprint density at radius 3 is 2.96 bits per heavy atom. The Bertz CT molecular complexity index is 719. The summed E-state index contributed by atoms with van der Waals surface area (Å²) in [6.07, 6.45) is 2.35. The lowest BCUT2D eigenvalue weighted by molar-refractivity contribution is 0.0676. The number of aromatic nitrogens is 2. The van der Waals surface area contributed by atoms with Gasteiger partial charge in [0.2, 0.25) is 0 Å². The molecular weight excluding hydrogens is 304 g/mol. The van der Waals surface area contributed by atoms with E-state index in [0.717, 1.165) is 36.3 Å². The van der Waals surface area contributed by atoms with Crippen LogP contribution < -0.4 is 10.1 Å². The molecule has 1 aliphatic heterocycles. The normalized spacial score (nSPS) is 16.6. The van der Waals surface area contributed by atoms with Gasteiger partial charge in [-0.05, 0) is 43.5 Å². The highest BCUT2D eigenvalue weighted by molar-refractivity contribution is 5.42. The smallest absolute Gasteiger partial charge is 0.163 e. The van der Waals surface area contributed by atoms with Crippen molar-refractivity contribution in [2.45, 2.75) is 32.4 Å². The third-order valence-corrected chi connectivity index (χ3v) is 3.91. The molecule has 2 heterocycles. The largest absolute Gasteiger partial charge is 0.491 e. The molecule has 0 saturated carbocycles. The Morgan fingerprint density at radius 2 is 2.25 bits per heavy atom. The van der Waals surface area contributed by atoms with Crippen LogP contribution in [0.25, 0.3) is 0 Å². The summed E-state index contributed by atoms with van der Waals surface area (Å²) in [6.45, 7) is 4.02. The molecule has 6 heteroatoms. The molecule has 24 heavy (non-hydrogen) atoms. The second kappa shape index (κ2) is 7.75. The third kappa shape index (κ3) is 4.21. The highest BCUT2D eigenvalue weighted by atomic mass is 16.5. The van der Waals surface area contributed by atoms with E-state index in [9.17, 15) is 0 Å². The molecule has 6 nitrogen and oxygen atoms in total. The molecule has 0 bridgehead atoms. The molecule has 0 spiro atoms. The van der Waals surface area contributed by atoms with E-state index >= 15 is 0 Å². The quantitative estimate of drug-likeness (QED) is 0.880. The Balaban J connectivity index is 1.64. The zero-order chi connectivity index (χ0) is 16.8. The molecule has 0 radical (unpaired) electrons. The number of rotatable bonds is 6. The van der Waals surface area contributed by atoms with Crippen LogP contribution in [0.4, 0.5) is 5.82 Å². The van der Waals surface area contributed by atoms with E-state index in [1.54, 1.807) is 12.1 Å². The first-order valence-corrected chi connectivity index (χ1v) is 8.06. The van der Waals surface area contributed by atoms with E-state index in [1.807, 2.05) is 25.1 Å². The molecule has 1 aromatic heterocycles. The number of nitriles is 1. The maximum Gasteiger partial charge on any atom is 0.163 e. The van der Waals surface area contributed by atoms with Gasteiger partial charge in [-0.3, -0.25) is 0 Å². The van der Waals surface area contributed by atoms with E-state index in [-0.39, 0.29) is 6.10 Å². The summed E-state index contributed by atoms with van der Waals surface area (Å²) >= 11 is 0. The Hall–Kier alpha value is -2.65. The number of nitrogens with zero attached hydrogens (tertiary/aromatic N) is 3. The lowest BCUT2D eigenvalue weighted by Crippen LogP contribution is -2.17. The summed E-state index contributed by atoms with van der Waals surface area (Å²) < 4.78 is 11.6. The van der Waals surface area contributed by atoms with Crippen molar-refractivity contribution >= 4 is 5.82 Å². The van der Waals surface area contributed by atoms with Gasteiger partial charge in [0.25, 0.3) is 0 Å². The average Bonchev–Trinajstić information content (AvgIpc) is 3.13. The first-order chi connectivity index (χ1) is 11.7. The van der Waals surface area contributed by atoms with Crippen LogP contribution in [0.1, 0.15) is 29.7 Å². The van der Waals surface area contributed by atoms with Crippen molar-refractivity contribution in [3.63, 3.8) is 0 Å². The van der Waals surface area contributed by atoms with Gasteiger partial charge >= 0.3 is 0 Å². The van der Waals surface area contributed by atoms with Crippen molar-refractivity contribution in [2.75, 3.05) is 18.5 Å². The summed E-state index contributed by atoms with van der Waals surface area (Å²) in [6, 6.07) is 11.5. The SMILES string of the molecule is Cc1ccc(CNc2ccc(C#N)nn2)c(OCC2CCCO2)c1. The predicted molar refractivity (Wildman–Crippen MR) is 89.7 cm³/mol. The van der Waals surface area contributed by atoms with Crippen molar-refractivity contribution in [1.82, 2.24) is 10.2 Å². The van der Waals surface area contributed by atoms with Crippen LogP contribution in [0.3, 0.4) is 0 Å². The van der Waals surface area contributed by atoms with Crippen molar-refractivity contribution in [1.29, 1.82) is 5.26 Å². The van der Waals surface area contributed by atoms with Crippen LogP contribution >= 0.6 is 0 Å². The van der Waals surface area contributed by atoms with Gasteiger partial charge in [-0.25, -0.2) is 0 Å². The fraction of sp³-hybridized carbons (Fsp3) is 0.389. The molecule has 1 aromatic carbocycles. The van der Waals surface area contributed by atoms with Gasteiger partial charge in [0.15, 0.2) is 5.69 Å². The number of nitrogens with one attached hydrogen (secondary N) is 1. The first kappa shape index (κ1) is 16.2. The summed E-state index contributed by atoms with van der Waals surface area (Å²) in [4.78, 5) is 0. The van der Waals surface area contributed by atoms with Crippen LogP contribution in [-0.2, 0) is 11.3 Å². The number of benzene rings is 1. The lowest BCUT2D eigenvalue weighted by Gasteiger charge is -2.16. The summed E-state index contributed by atoms with van der Waals surface area (Å²) in [5.41, 5.74) is 2.50. The molecule has 1 fully saturated rings. The fourth-order valence-corrected chi connectivity index (χ4v) is 2.57. The first-order valence-electron chi connectivity index (χ1n) is 8.06. The standard InChI is InChI=1S/C18H20N4O2/c1-13-4-5-14(11-20-18-7-6-15(10-19)21-22-18)17(9-13)24-12-16-3-2-8-23-16/h4-7,9,16H,2-3,8,11-12H2,1H3,(H,20,22). The average molecular weight is 324 g/mol. The summed E-state index contributed by atoms with van der Waals surface area (Å²) in [7, 11) is 0. The zero-order valence-electron chi connectivity index (χ0n) is 13.7. The fourth-order valence-electron chi connectivity index (χ4n) is 2.57. The van der Waals surface area contributed by atoms with Crippen molar-refractivity contribution < 1.29 is 9.47 Å². The Kier molecular flexibility index (Phi) is 5.24. The number of hydrogen-bond donors (Lipinski definition) is 1. The number of aryl methyl sites for hydroxylation is 1. The van der Waals surface area contributed by atoms with Crippen molar-refractivity contribution in [3.05, 3.63) is 47.2 Å². The van der Waals surface area contributed by atoms with Crippen LogP contribution in [0.2, 0.25) is 0 Å². The molecule has 2 aromatic rings. The third-order valence-electron chi connectivity index (χ3n) is 3.91. The highest BCUT2D eigenvalue weighted by Crippen LogP contribution is 2.23. The molecular formula is C18H20N4O2. The summed E-state index contributed by atoms with van der Waals surface area (Å²) in [5.74, 6) is 1.49.